The van der Waals surface area contributed by atoms with Gasteiger partial charge in [-0.05, 0) is 53.4 Å². The van der Waals surface area contributed by atoms with Crippen LogP contribution in [0.2, 0.25) is 0 Å². The van der Waals surface area contributed by atoms with Crippen molar-refractivity contribution in [2.45, 2.75) is 70.3 Å². The maximum Gasteiger partial charge on any atom is 0.191 e. The molecule has 8 heteroatoms. The highest BCUT2D eigenvalue weighted by atomic mass is 127. The first-order chi connectivity index (χ1) is 10.2. The van der Waals surface area contributed by atoms with Gasteiger partial charge in [0.05, 0.1) is 23.1 Å². The van der Waals surface area contributed by atoms with Crippen LogP contribution in [0.15, 0.2) is 4.99 Å². The molecule has 0 aromatic rings. The summed E-state index contributed by atoms with van der Waals surface area (Å²) in [6, 6.07) is 0.292. The number of sulfone groups is 1. The van der Waals surface area contributed by atoms with Gasteiger partial charge in [-0.2, -0.15) is 0 Å². The van der Waals surface area contributed by atoms with Crippen molar-refractivity contribution >= 4 is 39.8 Å². The number of nitrogens with one attached hydrogen (secondary N) is 2. The Hall–Kier alpha value is -0.0900. The second-order valence-electron chi connectivity index (χ2n) is 6.84. The van der Waals surface area contributed by atoms with Crippen LogP contribution in [0.4, 0.5) is 0 Å². The molecule has 0 aliphatic heterocycles. The summed E-state index contributed by atoms with van der Waals surface area (Å²) < 4.78 is 23.4. The third-order valence-electron chi connectivity index (χ3n) is 3.94. The SMILES string of the molecule is CCNC(=NCCS(=O)(=O)C(C)(C)C)NC1CCC(O)CC1.I. The molecule has 1 fully saturated rings. The summed E-state index contributed by atoms with van der Waals surface area (Å²) in [4.78, 5) is 4.38. The molecule has 1 aliphatic carbocycles. The number of hydrogen-bond acceptors (Lipinski definition) is 4. The van der Waals surface area contributed by atoms with Crippen molar-refractivity contribution in [1.82, 2.24) is 10.6 Å². The van der Waals surface area contributed by atoms with Gasteiger partial charge in [-0.3, -0.25) is 4.99 Å². The fraction of sp³-hybridized carbons (Fsp3) is 0.933. The summed E-state index contributed by atoms with van der Waals surface area (Å²) >= 11 is 0. The van der Waals surface area contributed by atoms with E-state index in [2.05, 4.69) is 15.6 Å². The van der Waals surface area contributed by atoms with Gasteiger partial charge in [-0.1, -0.05) is 0 Å². The lowest BCUT2D eigenvalue weighted by molar-refractivity contribution is 0.120. The van der Waals surface area contributed by atoms with E-state index in [1.165, 1.54) is 0 Å². The Balaban J connectivity index is 0.00000484. The highest BCUT2D eigenvalue weighted by Gasteiger charge is 2.28. The Kier molecular flexibility index (Phi) is 9.99. The second-order valence-corrected chi connectivity index (χ2v) is 9.70. The van der Waals surface area contributed by atoms with Gasteiger partial charge in [0.1, 0.15) is 0 Å². The van der Waals surface area contributed by atoms with Crippen LogP contribution in [0.3, 0.4) is 0 Å². The topological polar surface area (TPSA) is 90.8 Å². The lowest BCUT2D eigenvalue weighted by Crippen LogP contribution is -2.45. The van der Waals surface area contributed by atoms with E-state index >= 15 is 0 Å². The zero-order chi connectivity index (χ0) is 16.8. The van der Waals surface area contributed by atoms with Crippen molar-refractivity contribution in [3.05, 3.63) is 0 Å². The molecule has 0 atom stereocenters. The highest BCUT2D eigenvalue weighted by molar-refractivity contribution is 14.0. The van der Waals surface area contributed by atoms with Crippen LogP contribution in [0.5, 0.6) is 0 Å². The van der Waals surface area contributed by atoms with E-state index in [4.69, 9.17) is 0 Å². The summed E-state index contributed by atoms with van der Waals surface area (Å²) in [6.07, 6.45) is 3.23. The van der Waals surface area contributed by atoms with Crippen LogP contribution in [-0.4, -0.2) is 55.2 Å². The fourth-order valence-corrected chi connectivity index (χ4v) is 3.26. The molecule has 1 rings (SSSR count). The molecule has 0 aromatic heterocycles. The number of guanidine groups is 1. The maximum atomic E-state index is 12.1. The van der Waals surface area contributed by atoms with Crippen LogP contribution in [-0.2, 0) is 9.84 Å². The zero-order valence-corrected chi connectivity index (χ0v) is 17.8. The Bertz CT molecular complexity index is 467. The number of aliphatic imine (C=N–C) groups is 1. The number of aliphatic hydroxyl groups excluding tert-OH is 1. The minimum absolute atomic E-state index is 0. The van der Waals surface area contributed by atoms with Crippen LogP contribution < -0.4 is 10.6 Å². The van der Waals surface area contributed by atoms with Gasteiger partial charge in [0.25, 0.3) is 0 Å². The molecule has 1 saturated carbocycles. The quantitative estimate of drug-likeness (QED) is 0.329. The number of aliphatic hydroxyl groups is 1. The van der Waals surface area contributed by atoms with E-state index in [0.29, 0.717) is 12.0 Å². The van der Waals surface area contributed by atoms with Gasteiger partial charge < -0.3 is 15.7 Å². The van der Waals surface area contributed by atoms with Crippen molar-refractivity contribution in [3.63, 3.8) is 0 Å². The van der Waals surface area contributed by atoms with Crippen LogP contribution >= 0.6 is 24.0 Å². The molecule has 0 unspecified atom stereocenters. The summed E-state index contributed by atoms with van der Waals surface area (Å²) in [6.45, 7) is 8.10. The van der Waals surface area contributed by atoms with E-state index in [1.54, 1.807) is 20.8 Å². The smallest absolute Gasteiger partial charge is 0.191 e. The van der Waals surface area contributed by atoms with Crippen molar-refractivity contribution in [2.24, 2.45) is 4.99 Å². The Morgan fingerprint density at radius 3 is 2.26 bits per heavy atom. The molecule has 0 spiro atoms. The lowest BCUT2D eigenvalue weighted by Gasteiger charge is -2.27. The van der Waals surface area contributed by atoms with Gasteiger partial charge in [-0.15, -0.1) is 24.0 Å². The van der Waals surface area contributed by atoms with E-state index in [0.717, 1.165) is 32.2 Å². The molecule has 23 heavy (non-hydrogen) atoms. The summed E-state index contributed by atoms with van der Waals surface area (Å²) in [5, 5.41) is 16.0. The molecular weight excluding hydrogens is 429 g/mol. The number of nitrogens with zero attached hydrogens (tertiary/aromatic N) is 1. The number of hydrogen-bond donors (Lipinski definition) is 3. The van der Waals surface area contributed by atoms with E-state index in [-0.39, 0.29) is 42.4 Å². The minimum Gasteiger partial charge on any atom is -0.393 e. The first kappa shape index (κ1) is 22.9. The Morgan fingerprint density at radius 2 is 1.78 bits per heavy atom. The minimum atomic E-state index is -3.14. The van der Waals surface area contributed by atoms with Gasteiger partial charge in [0, 0.05) is 12.6 Å². The Morgan fingerprint density at radius 1 is 1.22 bits per heavy atom. The zero-order valence-electron chi connectivity index (χ0n) is 14.6. The molecule has 1 aliphatic rings. The standard InChI is InChI=1S/C15H31N3O3S.HI/c1-5-16-14(18-12-6-8-13(19)9-7-12)17-10-11-22(20,21)15(2,3)4;/h12-13,19H,5-11H2,1-4H3,(H2,16,17,18);1H. The van der Waals surface area contributed by atoms with Crippen LogP contribution in [0.1, 0.15) is 53.4 Å². The van der Waals surface area contributed by atoms with Crippen LogP contribution in [0.25, 0.3) is 0 Å². The molecule has 0 amide bonds. The molecule has 138 valence electrons. The van der Waals surface area contributed by atoms with Gasteiger partial charge >= 0.3 is 0 Å². The van der Waals surface area contributed by atoms with Crippen molar-refractivity contribution in [1.29, 1.82) is 0 Å². The van der Waals surface area contributed by atoms with Gasteiger partial charge in [0.2, 0.25) is 0 Å². The van der Waals surface area contributed by atoms with Crippen molar-refractivity contribution in [2.75, 3.05) is 18.8 Å². The highest BCUT2D eigenvalue weighted by Crippen LogP contribution is 2.18. The van der Waals surface area contributed by atoms with Gasteiger partial charge in [0.15, 0.2) is 15.8 Å². The normalized spacial score (nSPS) is 23.1. The second kappa shape index (κ2) is 10.0. The fourth-order valence-electron chi connectivity index (χ4n) is 2.32. The predicted molar refractivity (Wildman–Crippen MR) is 106 cm³/mol. The average Bonchev–Trinajstić information content (AvgIpc) is 2.40. The third-order valence-corrected chi connectivity index (χ3v) is 6.53. The summed E-state index contributed by atoms with van der Waals surface area (Å²) in [5.41, 5.74) is 0. The van der Waals surface area contributed by atoms with Gasteiger partial charge in [-0.25, -0.2) is 8.42 Å². The molecule has 3 N–H and O–H groups in total. The van der Waals surface area contributed by atoms with E-state index in [9.17, 15) is 13.5 Å². The first-order valence-electron chi connectivity index (χ1n) is 8.11. The van der Waals surface area contributed by atoms with Crippen LogP contribution in [0, 0.1) is 0 Å². The molecule has 0 radical (unpaired) electrons. The average molecular weight is 461 g/mol. The molecule has 0 aromatic carbocycles. The summed E-state index contributed by atoms with van der Waals surface area (Å²) in [5.74, 6) is 0.712. The maximum absolute atomic E-state index is 12.1. The third kappa shape index (κ3) is 8.02. The van der Waals surface area contributed by atoms with E-state index in [1.807, 2.05) is 6.92 Å². The molecule has 0 heterocycles. The van der Waals surface area contributed by atoms with E-state index < -0.39 is 14.6 Å². The summed E-state index contributed by atoms with van der Waals surface area (Å²) in [7, 11) is -3.14. The number of halogens is 1. The number of rotatable bonds is 5. The monoisotopic (exact) mass is 461 g/mol. The lowest BCUT2D eigenvalue weighted by atomic mass is 9.93. The largest absolute Gasteiger partial charge is 0.393 e. The molecule has 0 bridgehead atoms. The first-order valence-corrected chi connectivity index (χ1v) is 9.76. The predicted octanol–water partition coefficient (Wildman–Crippen LogP) is 1.68. The molecule has 6 nitrogen and oxygen atoms in total. The molecular formula is C15H32IN3O3S. The van der Waals surface area contributed by atoms with Crippen molar-refractivity contribution in [3.8, 4) is 0 Å². The molecule has 0 saturated heterocycles. The Labute approximate surface area is 157 Å². The van der Waals surface area contributed by atoms with Crippen molar-refractivity contribution < 1.29 is 13.5 Å².